The molecule has 26 heavy (non-hydrogen) atoms. The zero-order valence-corrected chi connectivity index (χ0v) is 15.5. The number of carbonyl (C=O) groups excluding carboxylic acids is 1. The fraction of sp³-hybridized carbons (Fsp3) is 0.143. The van der Waals surface area contributed by atoms with E-state index in [1.54, 1.807) is 18.5 Å². The van der Waals surface area contributed by atoms with E-state index in [1.807, 2.05) is 50.2 Å². The van der Waals surface area contributed by atoms with Crippen LogP contribution >= 0.6 is 11.6 Å². The van der Waals surface area contributed by atoms with Gasteiger partial charge < -0.3 is 10.6 Å². The molecular formula is C21H20ClN3O. The molecule has 0 unspecified atom stereocenters. The smallest absolute Gasteiger partial charge is 0.253 e. The number of carbonyl (C=O) groups is 1. The second-order valence-electron chi connectivity index (χ2n) is 6.22. The van der Waals surface area contributed by atoms with E-state index in [0.29, 0.717) is 17.1 Å². The molecule has 1 amide bonds. The highest BCUT2D eigenvalue weighted by molar-refractivity contribution is 6.30. The Labute approximate surface area is 158 Å². The Hall–Kier alpha value is -2.85. The van der Waals surface area contributed by atoms with Crippen molar-refractivity contribution in [3.63, 3.8) is 0 Å². The lowest BCUT2D eigenvalue weighted by Gasteiger charge is -2.11. The van der Waals surface area contributed by atoms with E-state index in [9.17, 15) is 4.79 Å². The predicted molar refractivity (Wildman–Crippen MR) is 106 cm³/mol. The summed E-state index contributed by atoms with van der Waals surface area (Å²) in [7, 11) is 0. The van der Waals surface area contributed by atoms with Crippen LogP contribution in [0, 0.1) is 13.8 Å². The highest BCUT2D eigenvalue weighted by Crippen LogP contribution is 2.24. The fourth-order valence-electron chi connectivity index (χ4n) is 2.62. The molecule has 3 aromatic rings. The molecule has 0 aliphatic heterocycles. The molecule has 0 fully saturated rings. The van der Waals surface area contributed by atoms with E-state index in [-0.39, 0.29) is 5.91 Å². The molecule has 0 aliphatic rings. The number of amides is 1. The van der Waals surface area contributed by atoms with Gasteiger partial charge in [0.1, 0.15) is 0 Å². The molecule has 0 atom stereocenters. The van der Waals surface area contributed by atoms with Crippen molar-refractivity contribution in [3.8, 4) is 0 Å². The van der Waals surface area contributed by atoms with Crippen LogP contribution in [0.25, 0.3) is 0 Å². The molecule has 2 aromatic carbocycles. The molecule has 5 heteroatoms. The van der Waals surface area contributed by atoms with Gasteiger partial charge in [0, 0.05) is 23.5 Å². The van der Waals surface area contributed by atoms with Gasteiger partial charge >= 0.3 is 0 Å². The first kappa shape index (κ1) is 18.0. The topological polar surface area (TPSA) is 54.0 Å². The first-order chi connectivity index (χ1) is 12.5. The third-order valence-corrected chi connectivity index (χ3v) is 4.25. The Balaban J connectivity index is 1.70. The number of pyridine rings is 1. The van der Waals surface area contributed by atoms with Crippen LogP contribution in [0.4, 0.5) is 11.4 Å². The zero-order valence-electron chi connectivity index (χ0n) is 14.7. The van der Waals surface area contributed by atoms with Crippen molar-refractivity contribution in [1.82, 2.24) is 10.3 Å². The third kappa shape index (κ3) is 4.61. The monoisotopic (exact) mass is 365 g/mol. The normalized spacial score (nSPS) is 10.4. The molecule has 1 aromatic heterocycles. The van der Waals surface area contributed by atoms with Crippen LogP contribution in [0.15, 0.2) is 60.9 Å². The number of rotatable bonds is 5. The minimum Gasteiger partial charge on any atom is -0.354 e. The first-order valence-corrected chi connectivity index (χ1v) is 8.71. The Morgan fingerprint density at radius 3 is 2.73 bits per heavy atom. The van der Waals surface area contributed by atoms with E-state index < -0.39 is 0 Å². The van der Waals surface area contributed by atoms with Crippen LogP contribution in [0.3, 0.4) is 0 Å². The molecule has 4 nitrogen and oxygen atoms in total. The Morgan fingerprint density at radius 1 is 1.08 bits per heavy atom. The summed E-state index contributed by atoms with van der Waals surface area (Å²) in [5.74, 6) is -0.162. The summed E-state index contributed by atoms with van der Waals surface area (Å²) in [5.41, 5.74) is 5.41. The molecular weight excluding hydrogens is 346 g/mol. The fourth-order valence-corrected chi connectivity index (χ4v) is 2.80. The molecule has 0 spiro atoms. The molecule has 0 aliphatic carbocycles. The van der Waals surface area contributed by atoms with Crippen molar-refractivity contribution in [2.24, 2.45) is 0 Å². The molecule has 132 valence electrons. The van der Waals surface area contributed by atoms with Crippen LogP contribution < -0.4 is 10.6 Å². The van der Waals surface area contributed by atoms with Crippen LogP contribution in [0.2, 0.25) is 5.02 Å². The molecule has 0 saturated heterocycles. The van der Waals surface area contributed by atoms with Gasteiger partial charge in [0.25, 0.3) is 5.91 Å². The van der Waals surface area contributed by atoms with Gasteiger partial charge in [-0.2, -0.15) is 0 Å². The van der Waals surface area contributed by atoms with E-state index in [4.69, 9.17) is 11.6 Å². The maximum absolute atomic E-state index is 12.4. The number of nitrogens with zero attached hydrogens (tertiary/aromatic N) is 1. The average Bonchev–Trinajstić information content (AvgIpc) is 2.63. The van der Waals surface area contributed by atoms with Gasteiger partial charge in [0.05, 0.1) is 17.4 Å². The van der Waals surface area contributed by atoms with Gasteiger partial charge in [-0.1, -0.05) is 47.5 Å². The van der Waals surface area contributed by atoms with E-state index in [2.05, 4.69) is 21.7 Å². The van der Waals surface area contributed by atoms with Gasteiger partial charge in [0.15, 0.2) is 0 Å². The highest BCUT2D eigenvalue weighted by Gasteiger charge is 2.08. The van der Waals surface area contributed by atoms with Crippen molar-refractivity contribution in [1.29, 1.82) is 0 Å². The van der Waals surface area contributed by atoms with Gasteiger partial charge in [-0.25, -0.2) is 0 Å². The first-order valence-electron chi connectivity index (χ1n) is 8.33. The minimum absolute atomic E-state index is 0.162. The average molecular weight is 366 g/mol. The van der Waals surface area contributed by atoms with Crippen molar-refractivity contribution in [2.45, 2.75) is 20.4 Å². The van der Waals surface area contributed by atoms with Crippen LogP contribution in [-0.2, 0) is 6.54 Å². The predicted octanol–water partition coefficient (Wildman–Crippen LogP) is 5.03. The Morgan fingerprint density at radius 2 is 1.92 bits per heavy atom. The molecule has 0 bridgehead atoms. The maximum atomic E-state index is 12.4. The second kappa shape index (κ2) is 8.02. The molecule has 2 N–H and O–H groups in total. The van der Waals surface area contributed by atoms with Gasteiger partial charge in [-0.15, -0.1) is 0 Å². The van der Waals surface area contributed by atoms with Crippen LogP contribution in [-0.4, -0.2) is 10.9 Å². The van der Waals surface area contributed by atoms with Gasteiger partial charge in [0.2, 0.25) is 0 Å². The summed E-state index contributed by atoms with van der Waals surface area (Å²) in [5, 5.41) is 6.84. The van der Waals surface area contributed by atoms with Crippen molar-refractivity contribution in [2.75, 3.05) is 5.32 Å². The van der Waals surface area contributed by atoms with Crippen molar-refractivity contribution in [3.05, 3.63) is 88.2 Å². The zero-order chi connectivity index (χ0) is 18.5. The Bertz CT molecular complexity index is 940. The number of nitrogens with one attached hydrogen (secondary N) is 2. The summed E-state index contributed by atoms with van der Waals surface area (Å²) >= 11 is 6.06. The molecule has 0 radical (unpaired) electrons. The van der Waals surface area contributed by atoms with Crippen molar-refractivity contribution >= 4 is 28.9 Å². The number of hydrogen-bond acceptors (Lipinski definition) is 3. The summed E-state index contributed by atoms with van der Waals surface area (Å²) in [6, 6.07) is 15.5. The summed E-state index contributed by atoms with van der Waals surface area (Å²) in [6.45, 7) is 4.50. The summed E-state index contributed by atoms with van der Waals surface area (Å²) < 4.78 is 0. The SMILES string of the molecule is Cc1cccc(CNC(=O)c2cncc(Nc3cc(Cl)ccc3C)c2)c1. The summed E-state index contributed by atoms with van der Waals surface area (Å²) in [4.78, 5) is 16.6. The van der Waals surface area contributed by atoms with Crippen LogP contribution in [0.1, 0.15) is 27.0 Å². The van der Waals surface area contributed by atoms with Crippen LogP contribution in [0.5, 0.6) is 0 Å². The number of anilines is 2. The van der Waals surface area contributed by atoms with Crippen molar-refractivity contribution < 1.29 is 4.79 Å². The molecule has 3 rings (SSSR count). The third-order valence-electron chi connectivity index (χ3n) is 4.01. The maximum Gasteiger partial charge on any atom is 0.253 e. The van der Waals surface area contributed by atoms with Gasteiger partial charge in [-0.3, -0.25) is 9.78 Å². The number of hydrogen-bond donors (Lipinski definition) is 2. The minimum atomic E-state index is -0.162. The largest absolute Gasteiger partial charge is 0.354 e. The van der Waals surface area contributed by atoms with E-state index >= 15 is 0 Å². The van der Waals surface area contributed by atoms with Gasteiger partial charge in [-0.05, 0) is 43.2 Å². The lowest BCUT2D eigenvalue weighted by molar-refractivity contribution is 0.0950. The van der Waals surface area contributed by atoms with E-state index in [0.717, 1.165) is 22.5 Å². The Kier molecular flexibility index (Phi) is 5.54. The number of halogens is 1. The lowest BCUT2D eigenvalue weighted by atomic mass is 10.1. The number of aryl methyl sites for hydroxylation is 2. The lowest BCUT2D eigenvalue weighted by Crippen LogP contribution is -2.23. The summed E-state index contributed by atoms with van der Waals surface area (Å²) in [6.07, 6.45) is 3.24. The highest BCUT2D eigenvalue weighted by atomic mass is 35.5. The standard InChI is InChI=1S/C21H20ClN3O/c1-14-4-3-5-16(8-14)11-24-21(26)17-9-19(13-23-12-17)25-20-10-18(22)7-6-15(20)2/h3-10,12-13,25H,11H2,1-2H3,(H,24,26). The number of aromatic nitrogens is 1. The molecule has 1 heterocycles. The van der Waals surface area contributed by atoms with E-state index in [1.165, 1.54) is 5.56 Å². The number of benzene rings is 2. The second-order valence-corrected chi connectivity index (χ2v) is 6.65. The molecule has 0 saturated carbocycles. The quantitative estimate of drug-likeness (QED) is 0.667.